The number of nitro groups is 1. The van der Waals surface area contributed by atoms with Crippen LogP contribution in [0.2, 0.25) is 0 Å². The second-order valence-corrected chi connectivity index (χ2v) is 4.87. The quantitative estimate of drug-likeness (QED) is 0.490. The van der Waals surface area contributed by atoms with Crippen LogP contribution in [0.4, 0.5) is 10.1 Å². The Bertz CT molecular complexity index is 441. The lowest BCUT2D eigenvalue weighted by Gasteiger charge is -2.09. The predicted octanol–water partition coefficient (Wildman–Crippen LogP) is 2.46. The average Bonchev–Trinajstić information content (AvgIpc) is 2.36. The zero-order valence-corrected chi connectivity index (χ0v) is 10.9. The molecule has 1 aromatic rings. The number of nitro benzene ring substituents is 1. The molecule has 100 valence electrons. The van der Waals surface area contributed by atoms with E-state index in [4.69, 9.17) is 9.84 Å². The Hall–Kier alpha value is -1.34. The van der Waals surface area contributed by atoms with Crippen LogP contribution in [-0.2, 0) is 0 Å². The number of methoxy groups -OCH3 is 1. The molecule has 0 heterocycles. The summed E-state index contributed by atoms with van der Waals surface area (Å²) in [6, 6.07) is 2.16. The Balaban J connectivity index is 3.02. The van der Waals surface area contributed by atoms with Crippen LogP contribution in [0.1, 0.15) is 6.92 Å². The maximum atomic E-state index is 13.4. The molecule has 0 spiro atoms. The number of thioether (sulfide) groups is 1. The highest BCUT2D eigenvalue weighted by Crippen LogP contribution is 2.35. The Labute approximate surface area is 108 Å². The average molecular weight is 275 g/mol. The van der Waals surface area contributed by atoms with E-state index < -0.39 is 10.7 Å². The van der Waals surface area contributed by atoms with Gasteiger partial charge in [-0.2, -0.15) is 0 Å². The van der Waals surface area contributed by atoms with Crippen molar-refractivity contribution in [3.05, 3.63) is 28.1 Å². The minimum Gasteiger partial charge on any atom is -0.494 e. The fraction of sp³-hybridized carbons (Fsp3) is 0.455. The maximum Gasteiger partial charge on any atom is 0.286 e. The number of hydrogen-bond acceptors (Lipinski definition) is 5. The van der Waals surface area contributed by atoms with E-state index in [0.717, 1.165) is 6.07 Å². The van der Waals surface area contributed by atoms with E-state index in [1.54, 1.807) is 0 Å². The standard InChI is InChI=1S/C11H14FNO4S/c1-7(5-14)6-18-11-4-10(17-2)8(12)3-9(11)13(15)16/h3-4,7,14H,5-6H2,1-2H3. The summed E-state index contributed by atoms with van der Waals surface area (Å²) in [7, 11) is 1.30. The molecular formula is C11H14FNO4S. The van der Waals surface area contributed by atoms with Crippen molar-refractivity contribution in [2.24, 2.45) is 5.92 Å². The van der Waals surface area contributed by atoms with E-state index in [-0.39, 0.29) is 24.0 Å². The van der Waals surface area contributed by atoms with E-state index in [2.05, 4.69) is 0 Å². The summed E-state index contributed by atoms with van der Waals surface area (Å²) in [5.74, 6) is -0.277. The molecule has 0 bridgehead atoms. The summed E-state index contributed by atoms with van der Waals surface area (Å²) in [4.78, 5) is 10.5. The Morgan fingerprint density at radius 1 is 1.61 bits per heavy atom. The molecule has 1 rings (SSSR count). The third kappa shape index (κ3) is 3.58. The number of halogens is 1. The largest absolute Gasteiger partial charge is 0.494 e. The van der Waals surface area contributed by atoms with Crippen molar-refractivity contribution in [3.8, 4) is 5.75 Å². The third-order valence-corrected chi connectivity index (χ3v) is 3.64. The second kappa shape index (κ2) is 6.55. The van der Waals surface area contributed by atoms with Gasteiger partial charge < -0.3 is 9.84 Å². The molecule has 0 amide bonds. The van der Waals surface area contributed by atoms with Crippen molar-refractivity contribution in [1.82, 2.24) is 0 Å². The molecule has 1 atom stereocenters. The minimum atomic E-state index is -0.760. The first-order valence-corrected chi connectivity index (χ1v) is 6.23. The van der Waals surface area contributed by atoms with Crippen molar-refractivity contribution in [2.75, 3.05) is 19.5 Å². The number of benzene rings is 1. The summed E-state index contributed by atoms with van der Waals surface area (Å²) < 4.78 is 18.2. The van der Waals surface area contributed by atoms with Crippen molar-refractivity contribution in [2.45, 2.75) is 11.8 Å². The van der Waals surface area contributed by atoms with Gasteiger partial charge in [0.25, 0.3) is 5.69 Å². The number of rotatable bonds is 6. The van der Waals surface area contributed by atoms with Crippen LogP contribution in [0.25, 0.3) is 0 Å². The zero-order valence-electron chi connectivity index (χ0n) is 10.1. The van der Waals surface area contributed by atoms with Crippen molar-refractivity contribution >= 4 is 17.4 Å². The molecule has 0 radical (unpaired) electrons. The molecule has 18 heavy (non-hydrogen) atoms. The molecule has 0 aliphatic carbocycles. The summed E-state index contributed by atoms with van der Waals surface area (Å²) in [5, 5.41) is 19.7. The smallest absolute Gasteiger partial charge is 0.286 e. The van der Waals surface area contributed by atoms with Crippen molar-refractivity contribution in [3.63, 3.8) is 0 Å². The molecule has 1 aromatic carbocycles. The highest BCUT2D eigenvalue weighted by molar-refractivity contribution is 7.99. The van der Waals surface area contributed by atoms with Gasteiger partial charge in [-0.25, -0.2) is 4.39 Å². The minimum absolute atomic E-state index is 0.000866. The SMILES string of the molecule is COc1cc(SCC(C)CO)c([N+](=O)[O-])cc1F. The van der Waals surface area contributed by atoms with Gasteiger partial charge in [-0.1, -0.05) is 6.92 Å². The van der Waals surface area contributed by atoms with Crippen LogP contribution >= 0.6 is 11.8 Å². The van der Waals surface area contributed by atoms with E-state index in [0.29, 0.717) is 10.6 Å². The van der Waals surface area contributed by atoms with Gasteiger partial charge in [0.2, 0.25) is 0 Å². The fourth-order valence-electron chi connectivity index (χ4n) is 1.22. The van der Waals surface area contributed by atoms with Gasteiger partial charge in [0.1, 0.15) is 0 Å². The van der Waals surface area contributed by atoms with E-state index in [1.807, 2.05) is 6.92 Å². The van der Waals surface area contributed by atoms with Gasteiger partial charge in [-0.05, 0) is 5.92 Å². The van der Waals surface area contributed by atoms with Gasteiger partial charge in [-0.3, -0.25) is 10.1 Å². The highest BCUT2D eigenvalue weighted by atomic mass is 32.2. The summed E-state index contributed by atoms with van der Waals surface area (Å²) >= 11 is 1.20. The van der Waals surface area contributed by atoms with Crippen molar-refractivity contribution in [1.29, 1.82) is 0 Å². The van der Waals surface area contributed by atoms with Gasteiger partial charge >= 0.3 is 0 Å². The van der Waals surface area contributed by atoms with Crippen LogP contribution in [0, 0.1) is 21.8 Å². The molecule has 0 fully saturated rings. The molecule has 0 saturated heterocycles. The van der Waals surface area contributed by atoms with Gasteiger partial charge in [0.05, 0.1) is 23.0 Å². The first-order chi connectivity index (χ1) is 8.49. The van der Waals surface area contributed by atoms with Crippen LogP contribution < -0.4 is 4.74 Å². The summed E-state index contributed by atoms with van der Waals surface area (Å²) in [5.41, 5.74) is -0.288. The Morgan fingerprint density at radius 3 is 2.78 bits per heavy atom. The van der Waals surface area contributed by atoms with Gasteiger partial charge in [0.15, 0.2) is 11.6 Å². The molecule has 1 unspecified atom stereocenters. The van der Waals surface area contributed by atoms with Crippen LogP contribution in [0.3, 0.4) is 0 Å². The first kappa shape index (κ1) is 14.7. The van der Waals surface area contributed by atoms with Crippen LogP contribution in [0.5, 0.6) is 5.75 Å². The summed E-state index contributed by atoms with van der Waals surface area (Å²) in [6.07, 6.45) is 0. The Kier molecular flexibility index (Phi) is 5.36. The lowest BCUT2D eigenvalue weighted by molar-refractivity contribution is -0.387. The van der Waals surface area contributed by atoms with E-state index in [1.165, 1.54) is 24.9 Å². The molecule has 5 nitrogen and oxygen atoms in total. The van der Waals surface area contributed by atoms with Crippen molar-refractivity contribution < 1.29 is 19.2 Å². The number of hydrogen-bond donors (Lipinski definition) is 1. The molecule has 7 heteroatoms. The summed E-state index contributed by atoms with van der Waals surface area (Å²) in [6.45, 7) is 1.82. The second-order valence-electron chi connectivity index (χ2n) is 3.81. The molecule has 0 aliphatic rings. The third-order valence-electron chi connectivity index (χ3n) is 2.27. The topological polar surface area (TPSA) is 72.6 Å². The number of aliphatic hydroxyl groups excluding tert-OH is 1. The molecule has 0 aliphatic heterocycles. The number of aliphatic hydroxyl groups is 1. The number of nitrogens with zero attached hydrogens (tertiary/aromatic N) is 1. The van der Waals surface area contributed by atoms with Gasteiger partial charge in [-0.15, -0.1) is 11.8 Å². The zero-order chi connectivity index (χ0) is 13.7. The normalized spacial score (nSPS) is 12.2. The fourth-order valence-corrected chi connectivity index (χ4v) is 2.26. The van der Waals surface area contributed by atoms with Gasteiger partial charge in [0, 0.05) is 18.4 Å². The lowest BCUT2D eigenvalue weighted by Crippen LogP contribution is -2.04. The van der Waals surface area contributed by atoms with Crippen LogP contribution in [-0.4, -0.2) is 29.5 Å². The molecule has 0 saturated carbocycles. The van der Waals surface area contributed by atoms with Crippen LogP contribution in [0.15, 0.2) is 17.0 Å². The lowest BCUT2D eigenvalue weighted by atomic mass is 10.2. The van der Waals surface area contributed by atoms with E-state index in [9.17, 15) is 14.5 Å². The highest BCUT2D eigenvalue weighted by Gasteiger charge is 2.19. The van der Waals surface area contributed by atoms with E-state index >= 15 is 0 Å². The first-order valence-electron chi connectivity index (χ1n) is 5.25. The molecular weight excluding hydrogens is 261 g/mol. The molecule has 1 N–H and O–H groups in total. The monoisotopic (exact) mass is 275 g/mol. The number of ether oxygens (including phenoxy) is 1. The molecule has 0 aromatic heterocycles. The predicted molar refractivity (Wildman–Crippen MR) is 66.6 cm³/mol. The Morgan fingerprint density at radius 2 is 2.28 bits per heavy atom. The maximum absolute atomic E-state index is 13.4.